The number of rotatable bonds is 3. The van der Waals surface area contributed by atoms with Crippen molar-refractivity contribution in [3.05, 3.63) is 28.7 Å². The number of fused-ring (bicyclic) bond motifs is 1. The smallest absolute Gasteiger partial charge is 0.245 e. The molecular weight excluding hydrogens is 262 g/mol. The van der Waals surface area contributed by atoms with Gasteiger partial charge in [0, 0.05) is 0 Å². The molecule has 0 aromatic carbocycles. The second kappa shape index (κ2) is 4.51. The minimum atomic E-state index is 0.0656. The number of nitrogens with zero attached hydrogens (tertiary/aromatic N) is 4. The van der Waals surface area contributed by atoms with Crippen LogP contribution < -0.4 is 10.5 Å². The average molecular weight is 275 g/mol. The SMILES string of the molecule is COc1ncnc2c1nc(N)n2C(C)c1ccsc1. The maximum Gasteiger partial charge on any atom is 0.245 e. The fraction of sp³-hybridized carbons (Fsp3) is 0.250. The van der Waals surface area contributed by atoms with E-state index in [1.165, 1.54) is 11.9 Å². The number of aromatic nitrogens is 4. The third-order valence-electron chi connectivity index (χ3n) is 3.08. The van der Waals surface area contributed by atoms with Gasteiger partial charge in [0.25, 0.3) is 0 Å². The van der Waals surface area contributed by atoms with Crippen LogP contribution in [0, 0.1) is 0 Å². The highest BCUT2D eigenvalue weighted by Gasteiger charge is 2.19. The minimum absolute atomic E-state index is 0.0656. The van der Waals surface area contributed by atoms with E-state index in [0.717, 1.165) is 0 Å². The lowest BCUT2D eigenvalue weighted by Gasteiger charge is -2.13. The highest BCUT2D eigenvalue weighted by atomic mass is 32.1. The summed E-state index contributed by atoms with van der Waals surface area (Å²) in [5.74, 6) is 0.848. The summed E-state index contributed by atoms with van der Waals surface area (Å²) in [6, 6.07) is 2.13. The van der Waals surface area contributed by atoms with Crippen LogP contribution in [0.2, 0.25) is 0 Å². The van der Waals surface area contributed by atoms with Crippen molar-refractivity contribution >= 4 is 28.4 Å². The first-order valence-corrected chi connectivity index (χ1v) is 6.71. The van der Waals surface area contributed by atoms with Gasteiger partial charge in [-0.3, -0.25) is 4.57 Å². The molecule has 19 heavy (non-hydrogen) atoms. The predicted octanol–water partition coefficient (Wildman–Crippen LogP) is 2.09. The van der Waals surface area contributed by atoms with Crippen LogP contribution in [0.4, 0.5) is 5.95 Å². The Bertz CT molecular complexity index is 706. The lowest BCUT2D eigenvalue weighted by atomic mass is 10.2. The zero-order chi connectivity index (χ0) is 13.4. The molecule has 0 saturated carbocycles. The molecule has 0 aliphatic rings. The molecule has 0 saturated heterocycles. The molecule has 0 bridgehead atoms. The minimum Gasteiger partial charge on any atom is -0.479 e. The van der Waals surface area contributed by atoms with Gasteiger partial charge in [-0.25, -0.2) is 9.97 Å². The van der Waals surface area contributed by atoms with Crippen LogP contribution in [0.5, 0.6) is 5.88 Å². The van der Waals surface area contributed by atoms with Crippen LogP contribution in [0.25, 0.3) is 11.2 Å². The van der Waals surface area contributed by atoms with Crippen molar-refractivity contribution in [2.45, 2.75) is 13.0 Å². The molecule has 6 nitrogen and oxygen atoms in total. The van der Waals surface area contributed by atoms with E-state index in [0.29, 0.717) is 23.0 Å². The summed E-state index contributed by atoms with van der Waals surface area (Å²) in [5.41, 5.74) is 8.46. The van der Waals surface area contributed by atoms with Crippen molar-refractivity contribution in [1.82, 2.24) is 19.5 Å². The van der Waals surface area contributed by atoms with Crippen LogP contribution in [-0.4, -0.2) is 26.6 Å². The fourth-order valence-electron chi connectivity index (χ4n) is 2.10. The fourth-order valence-corrected chi connectivity index (χ4v) is 2.84. The topological polar surface area (TPSA) is 78.8 Å². The summed E-state index contributed by atoms with van der Waals surface area (Å²) >= 11 is 1.65. The summed E-state index contributed by atoms with van der Waals surface area (Å²) in [4.78, 5) is 12.6. The van der Waals surface area contributed by atoms with Gasteiger partial charge >= 0.3 is 0 Å². The number of thiophene rings is 1. The average Bonchev–Trinajstić information content (AvgIpc) is 3.04. The third-order valence-corrected chi connectivity index (χ3v) is 3.78. The Morgan fingerprint density at radius 2 is 2.26 bits per heavy atom. The first-order chi connectivity index (χ1) is 9.22. The molecule has 2 N–H and O–H groups in total. The zero-order valence-electron chi connectivity index (χ0n) is 10.6. The number of hydrogen-bond donors (Lipinski definition) is 1. The number of nitrogen functional groups attached to an aromatic ring is 1. The monoisotopic (exact) mass is 275 g/mol. The van der Waals surface area contributed by atoms with Crippen LogP contribution in [0.1, 0.15) is 18.5 Å². The maximum atomic E-state index is 6.02. The predicted molar refractivity (Wildman–Crippen MR) is 74.4 cm³/mol. The molecule has 0 amide bonds. The Morgan fingerprint density at radius 3 is 2.95 bits per heavy atom. The van der Waals surface area contributed by atoms with Crippen molar-refractivity contribution in [3.8, 4) is 5.88 Å². The summed E-state index contributed by atoms with van der Waals surface area (Å²) in [6.45, 7) is 2.06. The normalized spacial score (nSPS) is 12.7. The third kappa shape index (κ3) is 1.82. The van der Waals surface area contributed by atoms with Gasteiger partial charge in [0.05, 0.1) is 13.2 Å². The molecule has 3 rings (SSSR count). The van der Waals surface area contributed by atoms with Gasteiger partial charge < -0.3 is 10.5 Å². The molecule has 0 radical (unpaired) electrons. The summed E-state index contributed by atoms with van der Waals surface area (Å²) in [7, 11) is 1.55. The Hall–Kier alpha value is -2.15. The van der Waals surface area contributed by atoms with E-state index in [2.05, 4.69) is 33.3 Å². The van der Waals surface area contributed by atoms with Gasteiger partial charge in [-0.2, -0.15) is 16.3 Å². The standard InChI is InChI=1S/C12H13N5OS/c1-7(8-3-4-19-5-8)17-10-9(16-12(17)13)11(18-2)15-6-14-10/h3-7H,1-2H3,(H2,13,16). The van der Waals surface area contributed by atoms with Crippen LogP contribution in [0.3, 0.4) is 0 Å². The van der Waals surface area contributed by atoms with Gasteiger partial charge in [-0.15, -0.1) is 0 Å². The molecule has 3 heterocycles. The van der Waals surface area contributed by atoms with E-state index in [1.54, 1.807) is 18.4 Å². The molecule has 3 aromatic rings. The molecule has 1 atom stereocenters. The quantitative estimate of drug-likeness (QED) is 0.791. The van der Waals surface area contributed by atoms with E-state index in [1.807, 2.05) is 9.95 Å². The summed E-state index contributed by atoms with van der Waals surface area (Å²) in [6.07, 6.45) is 1.46. The summed E-state index contributed by atoms with van der Waals surface area (Å²) in [5, 5.41) is 4.13. The second-order valence-electron chi connectivity index (χ2n) is 4.13. The molecule has 1 unspecified atom stereocenters. The van der Waals surface area contributed by atoms with Crippen LogP contribution >= 0.6 is 11.3 Å². The number of hydrogen-bond acceptors (Lipinski definition) is 6. The first kappa shape index (κ1) is 11.9. The van der Waals surface area contributed by atoms with E-state index in [4.69, 9.17) is 10.5 Å². The second-order valence-corrected chi connectivity index (χ2v) is 4.91. The van der Waals surface area contributed by atoms with Gasteiger partial charge in [0.15, 0.2) is 11.2 Å². The van der Waals surface area contributed by atoms with E-state index >= 15 is 0 Å². The van der Waals surface area contributed by atoms with Crippen LogP contribution in [0.15, 0.2) is 23.2 Å². The zero-order valence-corrected chi connectivity index (χ0v) is 11.4. The van der Waals surface area contributed by atoms with E-state index in [9.17, 15) is 0 Å². The Morgan fingerprint density at radius 1 is 1.42 bits per heavy atom. The number of methoxy groups -OCH3 is 1. The van der Waals surface area contributed by atoms with Gasteiger partial charge in [0.1, 0.15) is 6.33 Å². The van der Waals surface area contributed by atoms with Gasteiger partial charge in [-0.05, 0) is 29.3 Å². The summed E-state index contributed by atoms with van der Waals surface area (Å²) < 4.78 is 7.08. The Kier molecular flexibility index (Phi) is 2.83. The van der Waals surface area contributed by atoms with Crippen molar-refractivity contribution in [3.63, 3.8) is 0 Å². The largest absolute Gasteiger partial charge is 0.479 e. The maximum absolute atomic E-state index is 6.02. The highest BCUT2D eigenvalue weighted by Crippen LogP contribution is 2.29. The van der Waals surface area contributed by atoms with E-state index in [-0.39, 0.29) is 6.04 Å². The molecule has 0 aliphatic carbocycles. The van der Waals surface area contributed by atoms with Gasteiger partial charge in [-0.1, -0.05) is 0 Å². The number of anilines is 1. The molecule has 3 aromatic heterocycles. The van der Waals surface area contributed by atoms with Crippen molar-refractivity contribution in [2.75, 3.05) is 12.8 Å². The Labute approximate surface area is 113 Å². The molecular formula is C12H13N5OS. The van der Waals surface area contributed by atoms with Crippen LogP contribution in [-0.2, 0) is 0 Å². The van der Waals surface area contributed by atoms with Crippen molar-refractivity contribution in [2.24, 2.45) is 0 Å². The molecule has 98 valence electrons. The first-order valence-electron chi connectivity index (χ1n) is 5.77. The molecule has 0 aliphatic heterocycles. The lowest BCUT2D eigenvalue weighted by Crippen LogP contribution is -2.10. The van der Waals surface area contributed by atoms with Gasteiger partial charge in [0.2, 0.25) is 11.8 Å². The lowest BCUT2D eigenvalue weighted by molar-refractivity contribution is 0.401. The van der Waals surface area contributed by atoms with Crippen molar-refractivity contribution < 1.29 is 4.74 Å². The number of ether oxygens (including phenoxy) is 1. The Balaban J connectivity index is 2.21. The van der Waals surface area contributed by atoms with Crippen molar-refractivity contribution in [1.29, 1.82) is 0 Å². The molecule has 0 spiro atoms. The number of nitrogens with two attached hydrogens (primary N) is 1. The molecule has 7 heteroatoms. The highest BCUT2D eigenvalue weighted by molar-refractivity contribution is 7.07. The number of imidazole rings is 1. The van der Waals surface area contributed by atoms with E-state index < -0.39 is 0 Å². The molecule has 0 fully saturated rings.